The van der Waals surface area contributed by atoms with Crippen LogP contribution in [0.15, 0.2) is 48.5 Å². The first-order valence-electron chi connectivity index (χ1n) is 8.86. The van der Waals surface area contributed by atoms with Crippen LogP contribution in [0.5, 0.6) is 11.5 Å². The highest BCUT2D eigenvalue weighted by atomic mass is 32.2. The molecule has 0 N–H and O–H groups in total. The molecule has 0 radical (unpaired) electrons. The van der Waals surface area contributed by atoms with Crippen molar-refractivity contribution in [3.05, 3.63) is 59.7 Å². The van der Waals surface area contributed by atoms with Crippen LogP contribution >= 0.6 is 11.8 Å². The molecule has 2 aromatic rings. The van der Waals surface area contributed by atoms with Crippen LogP contribution in [0.25, 0.3) is 0 Å². The van der Waals surface area contributed by atoms with Gasteiger partial charge in [-0.2, -0.15) is 8.42 Å². The smallest absolute Gasteiger partial charge is 0.265 e. The Hall–Kier alpha value is -1.70. The molecule has 0 amide bonds. The average Bonchev–Trinajstić information content (AvgIpc) is 2.63. The first-order chi connectivity index (χ1) is 13.0. The summed E-state index contributed by atoms with van der Waals surface area (Å²) in [5.74, 6) is 1.44. The number of hydrogen-bond acceptors (Lipinski definition) is 6. The number of hydrogen-bond donors (Lipinski definition) is 0. The van der Waals surface area contributed by atoms with E-state index in [0.717, 1.165) is 23.1 Å². The molecule has 0 aliphatic rings. The lowest BCUT2D eigenvalue weighted by Crippen LogP contribution is -2.21. The van der Waals surface area contributed by atoms with Crippen molar-refractivity contribution in [2.24, 2.45) is 0 Å². The van der Waals surface area contributed by atoms with E-state index < -0.39 is 16.2 Å². The zero-order valence-electron chi connectivity index (χ0n) is 17.1. The quantitative estimate of drug-likeness (QED) is 0.556. The first kappa shape index (κ1) is 22.6. The Morgan fingerprint density at radius 1 is 0.821 bits per heavy atom. The van der Waals surface area contributed by atoms with Gasteiger partial charge in [0, 0.05) is 4.75 Å². The van der Waals surface area contributed by atoms with Gasteiger partial charge >= 0.3 is 0 Å². The van der Waals surface area contributed by atoms with E-state index in [4.69, 9.17) is 13.7 Å². The predicted octanol–water partition coefficient (Wildman–Crippen LogP) is 4.99. The second kappa shape index (κ2) is 9.20. The maximum absolute atomic E-state index is 12.1. The molecular formula is C21H28O5S2. The SMILES string of the molecule is COc1ccc(C(OS(C)(=O)=O)C(SC(C)(C)C)c2ccc(OC)cc2)cc1. The Kier molecular flexibility index (Phi) is 7.42. The van der Waals surface area contributed by atoms with Gasteiger partial charge < -0.3 is 9.47 Å². The predicted molar refractivity (Wildman–Crippen MR) is 115 cm³/mol. The van der Waals surface area contributed by atoms with E-state index in [1.807, 2.05) is 36.4 Å². The molecule has 0 aliphatic carbocycles. The standard InChI is InChI=1S/C21H28O5S2/c1-21(2,3)27-20(16-9-13-18(25-5)14-10-16)19(26-28(6,22)23)15-7-11-17(24-4)12-8-15/h7-14,19-20H,1-6H3. The van der Waals surface area contributed by atoms with E-state index in [2.05, 4.69) is 20.8 Å². The van der Waals surface area contributed by atoms with Gasteiger partial charge in [0.25, 0.3) is 10.1 Å². The molecule has 7 heteroatoms. The topological polar surface area (TPSA) is 61.8 Å². The van der Waals surface area contributed by atoms with Crippen molar-refractivity contribution in [3.63, 3.8) is 0 Å². The lowest BCUT2D eigenvalue weighted by Gasteiger charge is -2.32. The van der Waals surface area contributed by atoms with Gasteiger partial charge in [0.15, 0.2) is 0 Å². The summed E-state index contributed by atoms with van der Waals surface area (Å²) in [6.45, 7) is 6.29. The Morgan fingerprint density at radius 2 is 1.25 bits per heavy atom. The Labute approximate surface area is 172 Å². The number of methoxy groups -OCH3 is 2. The van der Waals surface area contributed by atoms with Crippen LogP contribution < -0.4 is 9.47 Å². The van der Waals surface area contributed by atoms with Crippen molar-refractivity contribution in [2.75, 3.05) is 20.5 Å². The highest BCUT2D eigenvalue weighted by Gasteiger charge is 2.33. The van der Waals surface area contributed by atoms with E-state index in [-0.39, 0.29) is 10.00 Å². The molecule has 0 bridgehead atoms. The molecule has 2 atom stereocenters. The normalized spacial score (nSPS) is 14.4. The van der Waals surface area contributed by atoms with Gasteiger partial charge in [0.05, 0.1) is 25.7 Å². The van der Waals surface area contributed by atoms with Crippen LogP contribution in [0.4, 0.5) is 0 Å². The van der Waals surface area contributed by atoms with Gasteiger partial charge in [0.1, 0.15) is 17.6 Å². The van der Waals surface area contributed by atoms with Crippen LogP contribution in [0.3, 0.4) is 0 Å². The number of ether oxygens (including phenoxy) is 2. The Balaban J connectivity index is 2.54. The maximum atomic E-state index is 12.1. The largest absolute Gasteiger partial charge is 0.497 e. The maximum Gasteiger partial charge on any atom is 0.265 e. The lowest BCUT2D eigenvalue weighted by molar-refractivity contribution is 0.212. The van der Waals surface area contributed by atoms with E-state index in [1.165, 1.54) is 0 Å². The van der Waals surface area contributed by atoms with Crippen molar-refractivity contribution in [1.82, 2.24) is 0 Å². The van der Waals surface area contributed by atoms with Crippen LogP contribution in [-0.2, 0) is 14.3 Å². The zero-order chi connectivity index (χ0) is 20.9. The minimum Gasteiger partial charge on any atom is -0.497 e. The third-order valence-corrected chi connectivity index (χ3v) is 5.96. The number of thioether (sulfide) groups is 1. The molecule has 0 fully saturated rings. The molecule has 0 aliphatic heterocycles. The second-order valence-electron chi connectivity index (χ2n) is 7.42. The van der Waals surface area contributed by atoms with Gasteiger partial charge in [-0.1, -0.05) is 45.0 Å². The summed E-state index contributed by atoms with van der Waals surface area (Å²) >= 11 is 1.66. The third-order valence-electron chi connectivity index (χ3n) is 3.92. The summed E-state index contributed by atoms with van der Waals surface area (Å²) < 4.78 is 40.1. The molecule has 0 aromatic heterocycles. The average molecular weight is 425 g/mol. The minimum atomic E-state index is -3.68. The fourth-order valence-electron chi connectivity index (χ4n) is 2.74. The molecule has 28 heavy (non-hydrogen) atoms. The van der Waals surface area contributed by atoms with Gasteiger partial charge in [-0.05, 0) is 35.4 Å². The van der Waals surface area contributed by atoms with Gasteiger partial charge in [0.2, 0.25) is 0 Å². The van der Waals surface area contributed by atoms with Crippen molar-refractivity contribution in [1.29, 1.82) is 0 Å². The molecular weight excluding hydrogens is 396 g/mol. The van der Waals surface area contributed by atoms with Crippen molar-refractivity contribution in [3.8, 4) is 11.5 Å². The summed E-state index contributed by atoms with van der Waals surface area (Å²) in [5, 5.41) is -0.242. The highest BCUT2D eigenvalue weighted by molar-refractivity contribution is 8.00. The van der Waals surface area contributed by atoms with E-state index in [0.29, 0.717) is 5.75 Å². The fraction of sp³-hybridized carbons (Fsp3) is 0.429. The van der Waals surface area contributed by atoms with Crippen LogP contribution in [0.1, 0.15) is 43.3 Å². The third kappa shape index (κ3) is 6.72. The number of benzene rings is 2. The van der Waals surface area contributed by atoms with Gasteiger partial charge in [-0.15, -0.1) is 11.8 Å². The summed E-state index contributed by atoms with van der Waals surface area (Å²) in [4.78, 5) is 0. The monoisotopic (exact) mass is 424 g/mol. The van der Waals surface area contributed by atoms with E-state index in [9.17, 15) is 8.42 Å². The van der Waals surface area contributed by atoms with Crippen LogP contribution in [-0.4, -0.2) is 33.6 Å². The van der Waals surface area contributed by atoms with Crippen molar-refractivity contribution >= 4 is 21.9 Å². The molecule has 2 rings (SSSR count). The van der Waals surface area contributed by atoms with Gasteiger partial charge in [-0.25, -0.2) is 0 Å². The summed E-state index contributed by atoms with van der Waals surface area (Å²) in [6.07, 6.45) is 0.398. The molecule has 0 saturated heterocycles. The molecule has 0 saturated carbocycles. The molecule has 2 unspecified atom stereocenters. The van der Waals surface area contributed by atoms with Crippen LogP contribution in [0, 0.1) is 0 Å². The van der Waals surface area contributed by atoms with Gasteiger partial charge in [-0.3, -0.25) is 4.18 Å². The number of rotatable bonds is 8. The zero-order valence-corrected chi connectivity index (χ0v) is 18.8. The van der Waals surface area contributed by atoms with Crippen molar-refractivity contribution in [2.45, 2.75) is 36.9 Å². The Morgan fingerprint density at radius 3 is 1.61 bits per heavy atom. The molecule has 0 heterocycles. The summed E-state index contributed by atoms with van der Waals surface area (Å²) in [5.41, 5.74) is 1.73. The molecule has 2 aromatic carbocycles. The molecule has 5 nitrogen and oxygen atoms in total. The second-order valence-corrected chi connectivity index (χ2v) is 11.0. The molecule has 154 valence electrons. The summed E-state index contributed by atoms with van der Waals surface area (Å²) in [7, 11) is -0.471. The van der Waals surface area contributed by atoms with Crippen molar-refractivity contribution < 1.29 is 22.1 Å². The first-order valence-corrected chi connectivity index (χ1v) is 11.6. The summed E-state index contributed by atoms with van der Waals surface area (Å²) in [6, 6.07) is 14.9. The lowest BCUT2D eigenvalue weighted by atomic mass is 10.0. The van der Waals surface area contributed by atoms with E-state index >= 15 is 0 Å². The Bertz CT molecular complexity index is 853. The molecule has 0 spiro atoms. The van der Waals surface area contributed by atoms with E-state index in [1.54, 1.807) is 38.1 Å². The van der Waals surface area contributed by atoms with Crippen LogP contribution in [0.2, 0.25) is 0 Å². The minimum absolute atomic E-state index is 0.115. The fourth-order valence-corrected chi connectivity index (χ4v) is 4.80. The highest BCUT2D eigenvalue weighted by Crippen LogP contribution is 2.48.